The van der Waals surface area contributed by atoms with Crippen LogP contribution in [0.15, 0.2) is 34.9 Å². The van der Waals surface area contributed by atoms with E-state index in [0.717, 1.165) is 29.8 Å². The predicted octanol–water partition coefficient (Wildman–Crippen LogP) is 2.53. The average molecular weight is 202 g/mol. The standard InChI is InChI=1S/C12H14N2O/c1-2-11(13-7-1)12-6-5-10(15-12)8-14-9-3-4-9/h1-2,5-7,9,13-14H,3-4,8H2. The number of hydrogen-bond donors (Lipinski definition) is 2. The van der Waals surface area contributed by atoms with Crippen LogP contribution in [0.3, 0.4) is 0 Å². The second-order valence-corrected chi connectivity index (χ2v) is 4.00. The molecular weight excluding hydrogens is 188 g/mol. The lowest BCUT2D eigenvalue weighted by Crippen LogP contribution is -2.14. The Bertz CT molecular complexity index is 426. The molecule has 1 aliphatic rings. The molecule has 0 aromatic carbocycles. The van der Waals surface area contributed by atoms with Crippen molar-refractivity contribution in [3.63, 3.8) is 0 Å². The Morgan fingerprint density at radius 2 is 2.27 bits per heavy atom. The van der Waals surface area contributed by atoms with Crippen LogP contribution in [0.4, 0.5) is 0 Å². The van der Waals surface area contributed by atoms with Crippen LogP contribution in [0.25, 0.3) is 11.5 Å². The SMILES string of the molecule is c1c[nH]c(-c2ccc(CNC3CC3)o2)c1. The van der Waals surface area contributed by atoms with Crippen LogP contribution in [0, 0.1) is 0 Å². The van der Waals surface area contributed by atoms with E-state index < -0.39 is 0 Å². The molecule has 3 rings (SSSR count). The van der Waals surface area contributed by atoms with Crippen molar-refractivity contribution in [2.75, 3.05) is 0 Å². The van der Waals surface area contributed by atoms with Crippen molar-refractivity contribution in [1.82, 2.24) is 10.3 Å². The third kappa shape index (κ3) is 1.97. The summed E-state index contributed by atoms with van der Waals surface area (Å²) in [6.45, 7) is 0.839. The fourth-order valence-corrected chi connectivity index (χ4v) is 1.63. The molecule has 1 saturated carbocycles. The average Bonchev–Trinajstić information content (AvgIpc) is 2.78. The van der Waals surface area contributed by atoms with Crippen LogP contribution in [0.5, 0.6) is 0 Å². The van der Waals surface area contributed by atoms with Crippen LogP contribution in [0.1, 0.15) is 18.6 Å². The molecule has 0 atom stereocenters. The van der Waals surface area contributed by atoms with Gasteiger partial charge in [0.25, 0.3) is 0 Å². The molecule has 3 nitrogen and oxygen atoms in total. The van der Waals surface area contributed by atoms with E-state index in [0.29, 0.717) is 0 Å². The van der Waals surface area contributed by atoms with E-state index in [1.807, 2.05) is 30.5 Å². The quantitative estimate of drug-likeness (QED) is 0.799. The Morgan fingerprint density at radius 1 is 1.33 bits per heavy atom. The highest BCUT2D eigenvalue weighted by molar-refractivity contribution is 5.52. The van der Waals surface area contributed by atoms with Gasteiger partial charge in [0.05, 0.1) is 12.2 Å². The highest BCUT2D eigenvalue weighted by Gasteiger charge is 2.20. The Hall–Kier alpha value is -1.48. The fourth-order valence-electron chi connectivity index (χ4n) is 1.63. The maximum absolute atomic E-state index is 5.71. The lowest BCUT2D eigenvalue weighted by Gasteiger charge is -1.98. The van der Waals surface area contributed by atoms with Gasteiger partial charge in [-0.25, -0.2) is 0 Å². The van der Waals surface area contributed by atoms with Crippen LogP contribution in [-0.2, 0) is 6.54 Å². The first-order valence-corrected chi connectivity index (χ1v) is 5.38. The van der Waals surface area contributed by atoms with Crippen molar-refractivity contribution >= 4 is 0 Å². The van der Waals surface area contributed by atoms with Crippen molar-refractivity contribution < 1.29 is 4.42 Å². The van der Waals surface area contributed by atoms with Gasteiger partial charge in [0.15, 0.2) is 5.76 Å². The molecule has 2 aromatic rings. The molecule has 0 radical (unpaired) electrons. The number of furan rings is 1. The number of aromatic amines is 1. The van der Waals surface area contributed by atoms with Crippen molar-refractivity contribution in [1.29, 1.82) is 0 Å². The molecule has 0 saturated heterocycles. The minimum atomic E-state index is 0.726. The summed E-state index contributed by atoms with van der Waals surface area (Å²) in [6, 6.07) is 8.75. The summed E-state index contributed by atoms with van der Waals surface area (Å²) in [5.74, 6) is 1.92. The van der Waals surface area contributed by atoms with E-state index in [1.165, 1.54) is 12.8 Å². The summed E-state index contributed by atoms with van der Waals surface area (Å²) >= 11 is 0. The minimum absolute atomic E-state index is 0.726. The van der Waals surface area contributed by atoms with Gasteiger partial charge >= 0.3 is 0 Å². The number of aromatic nitrogens is 1. The third-order valence-electron chi connectivity index (χ3n) is 2.67. The molecule has 15 heavy (non-hydrogen) atoms. The minimum Gasteiger partial charge on any atom is -0.458 e. The highest BCUT2D eigenvalue weighted by atomic mass is 16.3. The Morgan fingerprint density at radius 3 is 3.00 bits per heavy atom. The van der Waals surface area contributed by atoms with E-state index in [9.17, 15) is 0 Å². The summed E-state index contributed by atoms with van der Waals surface area (Å²) in [6.07, 6.45) is 4.52. The van der Waals surface area contributed by atoms with Gasteiger partial charge in [-0.15, -0.1) is 0 Å². The zero-order valence-corrected chi connectivity index (χ0v) is 8.49. The van der Waals surface area contributed by atoms with E-state index in [4.69, 9.17) is 4.42 Å². The Labute approximate surface area is 88.5 Å². The largest absolute Gasteiger partial charge is 0.458 e. The summed E-state index contributed by atoms with van der Waals surface area (Å²) < 4.78 is 5.71. The van der Waals surface area contributed by atoms with Gasteiger partial charge in [-0.3, -0.25) is 0 Å². The molecule has 0 spiro atoms. The zero-order chi connectivity index (χ0) is 10.1. The first-order valence-electron chi connectivity index (χ1n) is 5.38. The molecule has 2 N–H and O–H groups in total. The van der Waals surface area contributed by atoms with Gasteiger partial charge in [-0.2, -0.15) is 0 Å². The van der Waals surface area contributed by atoms with Crippen molar-refractivity contribution in [3.8, 4) is 11.5 Å². The second-order valence-electron chi connectivity index (χ2n) is 4.00. The van der Waals surface area contributed by atoms with E-state index >= 15 is 0 Å². The van der Waals surface area contributed by atoms with Gasteiger partial charge in [0, 0.05) is 12.2 Å². The third-order valence-corrected chi connectivity index (χ3v) is 2.67. The summed E-state index contributed by atoms with van der Waals surface area (Å²) in [5.41, 5.74) is 1.03. The normalized spacial score (nSPS) is 15.7. The number of nitrogens with one attached hydrogen (secondary N) is 2. The monoisotopic (exact) mass is 202 g/mol. The van der Waals surface area contributed by atoms with E-state index in [-0.39, 0.29) is 0 Å². The first-order chi connectivity index (χ1) is 7.42. The van der Waals surface area contributed by atoms with Gasteiger partial charge in [-0.05, 0) is 37.1 Å². The summed E-state index contributed by atoms with van der Waals surface area (Å²) in [4.78, 5) is 3.13. The Balaban J connectivity index is 1.69. The number of rotatable bonds is 4. The molecule has 2 aromatic heterocycles. The van der Waals surface area contributed by atoms with Gasteiger partial charge in [0.1, 0.15) is 5.76 Å². The molecule has 1 fully saturated rings. The lowest BCUT2D eigenvalue weighted by molar-refractivity contribution is 0.491. The number of H-pyrrole nitrogens is 1. The smallest absolute Gasteiger partial charge is 0.150 e. The van der Waals surface area contributed by atoms with E-state index in [1.54, 1.807) is 0 Å². The van der Waals surface area contributed by atoms with Crippen molar-refractivity contribution in [3.05, 3.63) is 36.2 Å². The topological polar surface area (TPSA) is 41.0 Å². The second kappa shape index (κ2) is 3.59. The Kier molecular flexibility index (Phi) is 2.10. The maximum atomic E-state index is 5.71. The molecule has 78 valence electrons. The summed E-state index contributed by atoms with van der Waals surface area (Å²) in [5, 5.41) is 3.43. The zero-order valence-electron chi connectivity index (χ0n) is 8.49. The lowest BCUT2D eigenvalue weighted by atomic mass is 10.3. The molecule has 0 bridgehead atoms. The molecule has 1 aliphatic carbocycles. The van der Waals surface area contributed by atoms with Crippen molar-refractivity contribution in [2.45, 2.75) is 25.4 Å². The van der Waals surface area contributed by atoms with Crippen molar-refractivity contribution in [2.24, 2.45) is 0 Å². The number of hydrogen-bond acceptors (Lipinski definition) is 2. The molecule has 0 amide bonds. The summed E-state index contributed by atoms with van der Waals surface area (Å²) in [7, 11) is 0. The maximum Gasteiger partial charge on any atom is 0.150 e. The molecular formula is C12H14N2O. The van der Waals surface area contributed by atoms with Crippen LogP contribution in [0.2, 0.25) is 0 Å². The highest BCUT2D eigenvalue weighted by Crippen LogP contribution is 2.22. The molecule has 3 heteroatoms. The molecule has 0 aliphatic heterocycles. The van der Waals surface area contributed by atoms with Crippen LogP contribution < -0.4 is 5.32 Å². The van der Waals surface area contributed by atoms with Crippen LogP contribution >= 0.6 is 0 Å². The van der Waals surface area contributed by atoms with Gasteiger partial charge in [-0.1, -0.05) is 0 Å². The predicted molar refractivity (Wildman–Crippen MR) is 58.4 cm³/mol. The van der Waals surface area contributed by atoms with Crippen LogP contribution in [-0.4, -0.2) is 11.0 Å². The molecule has 0 unspecified atom stereocenters. The van der Waals surface area contributed by atoms with Gasteiger partial charge < -0.3 is 14.7 Å². The van der Waals surface area contributed by atoms with E-state index in [2.05, 4.69) is 10.3 Å². The molecule has 2 heterocycles. The van der Waals surface area contributed by atoms with Gasteiger partial charge in [0.2, 0.25) is 0 Å². The first kappa shape index (κ1) is 8.80. The fraction of sp³-hybridized carbons (Fsp3) is 0.333.